The molecule has 0 radical (unpaired) electrons. The summed E-state index contributed by atoms with van der Waals surface area (Å²) < 4.78 is 1.69. The number of benzene rings is 2. The van der Waals surface area contributed by atoms with Gasteiger partial charge in [0, 0.05) is 34.7 Å². The number of hydrogen-bond acceptors (Lipinski definition) is 4. The molecule has 0 saturated heterocycles. The third kappa shape index (κ3) is 3.13. The summed E-state index contributed by atoms with van der Waals surface area (Å²) in [5, 5.41) is 25.6. The van der Waals surface area contributed by atoms with Gasteiger partial charge in [-0.15, -0.1) is 0 Å². The van der Waals surface area contributed by atoms with Gasteiger partial charge in [-0.3, -0.25) is 14.6 Å². The van der Waals surface area contributed by atoms with E-state index >= 15 is 0 Å². The second-order valence-electron chi connectivity index (χ2n) is 7.64. The van der Waals surface area contributed by atoms with Crippen LogP contribution in [-0.4, -0.2) is 30.9 Å². The molecule has 0 bridgehead atoms. The number of anilines is 1. The van der Waals surface area contributed by atoms with Gasteiger partial charge in [0.15, 0.2) is 0 Å². The molecule has 3 aromatic heterocycles. The molecule has 0 unspecified atom stereocenters. The number of H-pyrrole nitrogens is 2. The van der Waals surface area contributed by atoms with Crippen LogP contribution in [0, 0.1) is 11.3 Å². The van der Waals surface area contributed by atoms with Crippen molar-refractivity contribution in [1.82, 2.24) is 25.0 Å². The average molecular weight is 409 g/mol. The summed E-state index contributed by atoms with van der Waals surface area (Å²) in [6.07, 6.45) is 5.15. The van der Waals surface area contributed by atoms with Crippen molar-refractivity contribution in [1.29, 1.82) is 5.26 Å². The first-order chi connectivity index (χ1) is 15.0. The summed E-state index contributed by atoms with van der Waals surface area (Å²) in [5.41, 5.74) is 5.11. The highest BCUT2D eigenvalue weighted by Gasteiger charge is 2.17. The minimum atomic E-state index is -0.247. The Bertz CT molecular complexity index is 1480. The number of nitrogens with zero attached hydrogens (tertiary/aromatic N) is 4. The van der Waals surface area contributed by atoms with Crippen LogP contribution in [0.1, 0.15) is 35.9 Å². The van der Waals surface area contributed by atoms with Crippen molar-refractivity contribution in [2.24, 2.45) is 0 Å². The molecule has 0 aliphatic rings. The van der Waals surface area contributed by atoms with E-state index in [2.05, 4.69) is 31.7 Å². The number of aromatic nitrogens is 5. The third-order valence-electron chi connectivity index (χ3n) is 5.31. The summed E-state index contributed by atoms with van der Waals surface area (Å²) in [6, 6.07) is 13.5. The van der Waals surface area contributed by atoms with Crippen molar-refractivity contribution in [2.45, 2.75) is 19.9 Å². The van der Waals surface area contributed by atoms with E-state index in [0.717, 1.165) is 32.9 Å². The topological polar surface area (TPSA) is 115 Å². The Morgan fingerprint density at radius 3 is 2.84 bits per heavy atom. The lowest BCUT2D eigenvalue weighted by molar-refractivity contribution is 0.101. The highest BCUT2D eigenvalue weighted by molar-refractivity contribution is 6.09. The summed E-state index contributed by atoms with van der Waals surface area (Å²) in [4.78, 5) is 16.2. The Morgan fingerprint density at radius 1 is 1.16 bits per heavy atom. The third-order valence-corrected chi connectivity index (χ3v) is 5.31. The number of carbonyl (C=O) groups is 1. The van der Waals surface area contributed by atoms with Gasteiger partial charge in [-0.1, -0.05) is 0 Å². The predicted molar refractivity (Wildman–Crippen MR) is 119 cm³/mol. The number of rotatable bonds is 4. The van der Waals surface area contributed by atoms with Gasteiger partial charge in [0.2, 0.25) is 0 Å². The summed E-state index contributed by atoms with van der Waals surface area (Å²) in [7, 11) is 0. The molecular formula is C23H19N7O. The van der Waals surface area contributed by atoms with E-state index in [0.29, 0.717) is 16.9 Å². The zero-order chi connectivity index (χ0) is 21.5. The average Bonchev–Trinajstić information content (AvgIpc) is 3.52. The van der Waals surface area contributed by atoms with Crippen LogP contribution < -0.4 is 5.32 Å². The first kappa shape index (κ1) is 18.6. The van der Waals surface area contributed by atoms with Crippen molar-refractivity contribution in [2.75, 3.05) is 5.32 Å². The lowest BCUT2D eigenvalue weighted by Gasteiger charge is -2.13. The normalized spacial score (nSPS) is 11.3. The van der Waals surface area contributed by atoms with Crippen LogP contribution in [0.3, 0.4) is 0 Å². The molecule has 3 N–H and O–H groups in total. The maximum atomic E-state index is 13.0. The molecule has 5 aromatic rings. The first-order valence-corrected chi connectivity index (χ1v) is 9.89. The van der Waals surface area contributed by atoms with Gasteiger partial charge in [-0.2, -0.15) is 15.5 Å². The SMILES string of the molecule is CC(C)n1nccc1C(=O)Nc1cc(-c2cc(C#N)cc3[nH]ccc23)cc2[nH]ncc12. The van der Waals surface area contributed by atoms with Gasteiger partial charge < -0.3 is 10.3 Å². The fourth-order valence-electron chi connectivity index (χ4n) is 3.87. The fraction of sp³-hybridized carbons (Fsp3) is 0.130. The van der Waals surface area contributed by atoms with Gasteiger partial charge >= 0.3 is 0 Å². The van der Waals surface area contributed by atoms with Gasteiger partial charge in [-0.25, -0.2) is 0 Å². The molecule has 2 aromatic carbocycles. The fourth-order valence-corrected chi connectivity index (χ4v) is 3.87. The summed E-state index contributed by atoms with van der Waals surface area (Å²) in [6.45, 7) is 3.95. The van der Waals surface area contributed by atoms with Gasteiger partial charge in [0.05, 0.1) is 29.0 Å². The molecule has 0 aliphatic carbocycles. The summed E-state index contributed by atoms with van der Waals surface area (Å²) in [5.74, 6) is -0.247. The molecule has 152 valence electrons. The molecule has 5 rings (SSSR count). The number of hydrogen-bond donors (Lipinski definition) is 3. The standard InChI is InChI=1S/C23H19N7O/c1-13(2)30-22(4-6-27-30)23(31)28-20-9-15(10-21-18(20)12-26-29-21)17-7-14(11-24)8-19-16(17)3-5-25-19/h3-10,12-13,25H,1-2H3,(H,26,29)(H,28,31). The minimum absolute atomic E-state index is 0.0617. The molecule has 0 aliphatic heterocycles. The Morgan fingerprint density at radius 2 is 2.03 bits per heavy atom. The lowest BCUT2D eigenvalue weighted by atomic mass is 9.97. The van der Waals surface area contributed by atoms with E-state index in [1.165, 1.54) is 0 Å². The largest absolute Gasteiger partial charge is 0.361 e. The Kier molecular flexibility index (Phi) is 4.30. The van der Waals surface area contributed by atoms with Crippen molar-refractivity contribution >= 4 is 33.4 Å². The highest BCUT2D eigenvalue weighted by atomic mass is 16.2. The van der Waals surface area contributed by atoms with Gasteiger partial charge in [-0.05, 0) is 61.4 Å². The van der Waals surface area contributed by atoms with Crippen molar-refractivity contribution in [3.05, 3.63) is 66.2 Å². The zero-order valence-corrected chi connectivity index (χ0v) is 17.0. The van der Waals surface area contributed by atoms with E-state index in [1.54, 1.807) is 23.1 Å². The highest BCUT2D eigenvalue weighted by Crippen LogP contribution is 2.35. The van der Waals surface area contributed by atoms with Crippen LogP contribution in [0.25, 0.3) is 32.9 Å². The number of nitrogens with one attached hydrogen (secondary N) is 3. The number of aromatic amines is 2. The van der Waals surface area contributed by atoms with Crippen molar-refractivity contribution in [3.8, 4) is 17.2 Å². The molecule has 3 heterocycles. The van der Waals surface area contributed by atoms with E-state index in [4.69, 9.17) is 0 Å². The van der Waals surface area contributed by atoms with Crippen LogP contribution in [0.15, 0.2) is 55.0 Å². The molecule has 1 amide bonds. The Labute approximate surface area is 177 Å². The van der Waals surface area contributed by atoms with Crippen LogP contribution in [0.2, 0.25) is 0 Å². The van der Waals surface area contributed by atoms with E-state index in [9.17, 15) is 10.1 Å². The molecule has 8 nitrogen and oxygen atoms in total. The molecule has 31 heavy (non-hydrogen) atoms. The van der Waals surface area contributed by atoms with Gasteiger partial charge in [0.1, 0.15) is 5.69 Å². The number of amides is 1. The van der Waals surface area contributed by atoms with Crippen LogP contribution in [-0.2, 0) is 0 Å². The second-order valence-corrected chi connectivity index (χ2v) is 7.64. The minimum Gasteiger partial charge on any atom is -0.361 e. The molecule has 8 heteroatoms. The van der Waals surface area contributed by atoms with Crippen LogP contribution >= 0.6 is 0 Å². The van der Waals surface area contributed by atoms with E-state index < -0.39 is 0 Å². The van der Waals surface area contributed by atoms with Crippen LogP contribution in [0.5, 0.6) is 0 Å². The van der Waals surface area contributed by atoms with E-state index in [-0.39, 0.29) is 11.9 Å². The summed E-state index contributed by atoms with van der Waals surface area (Å²) >= 11 is 0. The van der Waals surface area contributed by atoms with Crippen molar-refractivity contribution < 1.29 is 4.79 Å². The first-order valence-electron chi connectivity index (χ1n) is 9.89. The Hall–Kier alpha value is -4.38. The van der Waals surface area contributed by atoms with Crippen molar-refractivity contribution in [3.63, 3.8) is 0 Å². The van der Waals surface area contributed by atoms with Gasteiger partial charge in [0.25, 0.3) is 5.91 Å². The van der Waals surface area contributed by atoms with Crippen LogP contribution in [0.4, 0.5) is 5.69 Å². The molecular weight excluding hydrogens is 390 g/mol. The molecule has 0 saturated carbocycles. The number of carbonyl (C=O) groups excluding carboxylic acids is 1. The maximum Gasteiger partial charge on any atom is 0.273 e. The predicted octanol–water partition coefficient (Wildman–Crippen LogP) is 4.61. The quantitative estimate of drug-likeness (QED) is 0.402. The molecule has 0 fully saturated rings. The molecule has 0 spiro atoms. The maximum absolute atomic E-state index is 13.0. The molecule has 0 atom stereocenters. The zero-order valence-electron chi connectivity index (χ0n) is 17.0. The number of nitriles is 1. The smallest absolute Gasteiger partial charge is 0.273 e. The lowest BCUT2D eigenvalue weighted by Crippen LogP contribution is -2.19. The van der Waals surface area contributed by atoms with E-state index in [1.807, 2.05) is 50.4 Å². The number of fused-ring (bicyclic) bond motifs is 2. The monoisotopic (exact) mass is 409 g/mol. The Balaban J connectivity index is 1.64. The second kappa shape index (κ2) is 7.15.